The first kappa shape index (κ1) is 30.2. The van der Waals surface area contributed by atoms with E-state index in [1.807, 2.05) is 13.8 Å². The van der Waals surface area contributed by atoms with Gasteiger partial charge in [-0.25, -0.2) is 8.78 Å². The normalized spacial score (nSPS) is 16.8. The van der Waals surface area contributed by atoms with E-state index in [2.05, 4.69) is 10.2 Å². The van der Waals surface area contributed by atoms with Gasteiger partial charge < -0.3 is 9.32 Å². The molecule has 0 saturated carbocycles. The average Bonchev–Trinajstić information content (AvgIpc) is 3.72. The van der Waals surface area contributed by atoms with E-state index in [1.165, 1.54) is 45.8 Å². The Morgan fingerprint density at radius 1 is 0.854 bits per heavy atom. The molecular formula is C36H24F2N4O4S2. The molecule has 0 bridgehead atoms. The zero-order valence-corrected chi connectivity index (χ0v) is 27.1. The zero-order valence-electron chi connectivity index (χ0n) is 25.5. The predicted molar refractivity (Wildman–Crippen MR) is 179 cm³/mol. The summed E-state index contributed by atoms with van der Waals surface area (Å²) in [7, 11) is 0. The molecule has 2 aromatic heterocycles. The Balaban J connectivity index is 1.32. The first-order valence-corrected chi connectivity index (χ1v) is 16.8. The van der Waals surface area contributed by atoms with Crippen molar-refractivity contribution >= 4 is 56.7 Å². The van der Waals surface area contributed by atoms with Crippen molar-refractivity contribution in [1.29, 1.82) is 0 Å². The van der Waals surface area contributed by atoms with Crippen molar-refractivity contribution in [3.8, 4) is 0 Å². The summed E-state index contributed by atoms with van der Waals surface area (Å²) < 4.78 is 34.0. The lowest BCUT2D eigenvalue weighted by atomic mass is 9.84. The van der Waals surface area contributed by atoms with E-state index in [0.717, 1.165) is 28.0 Å². The van der Waals surface area contributed by atoms with Crippen LogP contribution in [0.2, 0.25) is 0 Å². The number of thioether (sulfide) groups is 1. The lowest BCUT2D eigenvalue weighted by Gasteiger charge is -2.32. The molecule has 238 valence electrons. The molecular weight excluding hydrogens is 655 g/mol. The van der Waals surface area contributed by atoms with E-state index in [1.54, 1.807) is 60.7 Å². The summed E-state index contributed by atoms with van der Waals surface area (Å²) in [4.78, 5) is 47.0. The van der Waals surface area contributed by atoms with Gasteiger partial charge in [0, 0.05) is 11.3 Å². The molecule has 0 saturated heterocycles. The van der Waals surface area contributed by atoms with E-state index in [9.17, 15) is 18.4 Å². The smallest absolute Gasteiger partial charge is 0.297 e. The van der Waals surface area contributed by atoms with Crippen molar-refractivity contribution in [2.24, 2.45) is 0 Å². The monoisotopic (exact) mass is 678 g/mol. The Morgan fingerprint density at radius 3 is 2.25 bits per heavy atom. The second-order valence-corrected chi connectivity index (χ2v) is 13.9. The van der Waals surface area contributed by atoms with Crippen LogP contribution in [0.15, 0.2) is 98.5 Å². The summed E-state index contributed by atoms with van der Waals surface area (Å²) in [5, 5.41) is 9.04. The first-order chi connectivity index (χ1) is 23.2. The third-order valence-electron chi connectivity index (χ3n) is 8.86. The maximum absolute atomic E-state index is 15.1. The number of hydrogen-bond donors (Lipinski definition) is 0. The quantitative estimate of drug-likeness (QED) is 0.135. The third-order valence-corrected chi connectivity index (χ3v) is 11.0. The molecule has 8 nitrogen and oxygen atoms in total. The molecule has 48 heavy (non-hydrogen) atoms. The van der Waals surface area contributed by atoms with Crippen LogP contribution < -0.4 is 15.2 Å². The minimum atomic E-state index is -1.95. The average molecular weight is 679 g/mol. The Morgan fingerprint density at radius 2 is 1.52 bits per heavy atom. The van der Waals surface area contributed by atoms with Crippen LogP contribution in [0, 0.1) is 25.5 Å². The topological polar surface area (TPSA) is 96.6 Å². The molecule has 0 N–H and O–H groups in total. The third kappa shape index (κ3) is 4.50. The SMILES string of the molecule is Cc1cc2oc3c(c(=O)c2cc1C)C1(C(=O)N(Cc2ccc(F)cc2)c2ccccc21)N(c1nnc(SCc2ccc(F)cc2)s1)C3=O. The Labute approximate surface area is 280 Å². The number of rotatable bonds is 6. The van der Waals surface area contributed by atoms with Crippen LogP contribution >= 0.6 is 23.1 Å². The van der Waals surface area contributed by atoms with Gasteiger partial charge >= 0.3 is 0 Å². The molecule has 4 aromatic carbocycles. The van der Waals surface area contributed by atoms with Gasteiger partial charge in [0.15, 0.2) is 15.3 Å². The summed E-state index contributed by atoms with van der Waals surface area (Å²) in [6.07, 6.45) is 0. The molecule has 8 rings (SSSR count). The second-order valence-electron chi connectivity index (χ2n) is 11.7. The molecule has 4 heterocycles. The number of carbonyl (C=O) groups is 2. The number of halogens is 2. The van der Waals surface area contributed by atoms with E-state index in [0.29, 0.717) is 26.9 Å². The van der Waals surface area contributed by atoms with Crippen LogP contribution in [0.4, 0.5) is 19.6 Å². The molecule has 6 aromatic rings. The highest BCUT2D eigenvalue weighted by atomic mass is 32.2. The Bertz CT molecular complexity index is 2360. The molecule has 1 spiro atoms. The van der Waals surface area contributed by atoms with Crippen molar-refractivity contribution in [2.45, 2.75) is 36.0 Å². The van der Waals surface area contributed by atoms with Gasteiger partial charge in [-0.05, 0) is 78.6 Å². The van der Waals surface area contributed by atoms with Crippen LogP contribution in [0.5, 0.6) is 0 Å². The van der Waals surface area contributed by atoms with Crippen LogP contribution in [-0.4, -0.2) is 22.0 Å². The summed E-state index contributed by atoms with van der Waals surface area (Å²) in [6.45, 7) is 3.82. The fourth-order valence-electron chi connectivity index (χ4n) is 6.42. The highest BCUT2D eigenvalue weighted by Crippen LogP contribution is 2.55. The van der Waals surface area contributed by atoms with E-state index >= 15 is 4.79 Å². The van der Waals surface area contributed by atoms with Crippen molar-refractivity contribution in [3.05, 3.63) is 146 Å². The lowest BCUT2D eigenvalue weighted by Crippen LogP contribution is -2.53. The van der Waals surface area contributed by atoms with Crippen LogP contribution in [-0.2, 0) is 22.6 Å². The largest absolute Gasteiger partial charge is 0.450 e. The number of amides is 2. The molecule has 0 aliphatic carbocycles. The van der Waals surface area contributed by atoms with Gasteiger partial charge in [0.05, 0.1) is 23.2 Å². The number of benzene rings is 4. The van der Waals surface area contributed by atoms with E-state index in [-0.39, 0.29) is 39.8 Å². The zero-order chi connectivity index (χ0) is 33.3. The molecule has 1 atom stereocenters. The minimum Gasteiger partial charge on any atom is -0.450 e. The van der Waals surface area contributed by atoms with Gasteiger partial charge in [-0.15, -0.1) is 10.2 Å². The number of aryl methyl sites for hydroxylation is 2. The van der Waals surface area contributed by atoms with Gasteiger partial charge in [0.1, 0.15) is 17.2 Å². The molecule has 2 amide bonds. The van der Waals surface area contributed by atoms with E-state index in [4.69, 9.17) is 4.42 Å². The number of anilines is 2. The predicted octanol–water partition coefficient (Wildman–Crippen LogP) is 7.28. The lowest BCUT2D eigenvalue weighted by molar-refractivity contribution is -0.121. The molecule has 2 aliphatic heterocycles. The van der Waals surface area contributed by atoms with Gasteiger partial charge in [0.25, 0.3) is 11.8 Å². The number of para-hydroxylation sites is 1. The molecule has 12 heteroatoms. The molecule has 2 aliphatic rings. The van der Waals surface area contributed by atoms with Gasteiger partial charge in [-0.3, -0.25) is 19.3 Å². The van der Waals surface area contributed by atoms with Crippen molar-refractivity contribution in [2.75, 3.05) is 9.80 Å². The molecule has 1 unspecified atom stereocenters. The summed E-state index contributed by atoms with van der Waals surface area (Å²) in [5.74, 6) is -1.77. The van der Waals surface area contributed by atoms with Gasteiger partial charge in [0.2, 0.25) is 10.9 Å². The number of carbonyl (C=O) groups excluding carboxylic acids is 2. The summed E-state index contributed by atoms with van der Waals surface area (Å²) in [6, 6.07) is 22.3. The highest BCUT2D eigenvalue weighted by Gasteiger charge is 2.66. The minimum absolute atomic E-state index is 0.0569. The van der Waals surface area contributed by atoms with Crippen LogP contribution in [0.1, 0.15) is 43.9 Å². The van der Waals surface area contributed by atoms with Gasteiger partial charge in [-0.2, -0.15) is 0 Å². The van der Waals surface area contributed by atoms with Gasteiger partial charge in [-0.1, -0.05) is 65.6 Å². The van der Waals surface area contributed by atoms with Crippen molar-refractivity contribution in [3.63, 3.8) is 0 Å². The maximum atomic E-state index is 15.1. The van der Waals surface area contributed by atoms with Crippen LogP contribution in [0.3, 0.4) is 0 Å². The number of aromatic nitrogens is 2. The first-order valence-electron chi connectivity index (χ1n) is 15.0. The number of hydrogen-bond acceptors (Lipinski definition) is 8. The van der Waals surface area contributed by atoms with Crippen LogP contribution in [0.25, 0.3) is 11.0 Å². The Kier molecular flexibility index (Phi) is 7.04. The molecule has 0 fully saturated rings. The molecule has 0 radical (unpaired) electrons. The second kappa shape index (κ2) is 11.2. The van der Waals surface area contributed by atoms with E-state index < -0.39 is 28.6 Å². The Hall–Kier alpha value is -5.20. The fraction of sp³-hybridized carbons (Fsp3) is 0.139. The van der Waals surface area contributed by atoms with Crippen molar-refractivity contribution in [1.82, 2.24) is 10.2 Å². The summed E-state index contributed by atoms with van der Waals surface area (Å²) >= 11 is 2.45. The van der Waals surface area contributed by atoms with Crippen molar-refractivity contribution < 1.29 is 22.8 Å². The number of fused-ring (bicyclic) bond motifs is 5. The number of nitrogens with zero attached hydrogens (tertiary/aromatic N) is 4. The maximum Gasteiger partial charge on any atom is 0.297 e. The summed E-state index contributed by atoms with van der Waals surface area (Å²) in [5.41, 5.74) is 1.86. The fourth-order valence-corrected chi connectivity index (χ4v) is 8.27. The highest BCUT2D eigenvalue weighted by molar-refractivity contribution is 8.00. The standard InChI is InChI=1S/C36H24F2N4O4S2/c1-19-15-25-28(16-20(19)2)46-31-29(30(25)43)36(26-5-3-4-6-27(26)41(33(36)45)17-21-7-11-23(37)12-8-21)42(32(31)44)34-39-40-35(48-34)47-18-22-9-13-24(38)14-10-22/h3-16H,17-18H2,1-2H3.